The molecule has 0 radical (unpaired) electrons. The van der Waals surface area contributed by atoms with Crippen LogP contribution in [-0.4, -0.2) is 108 Å². The van der Waals surface area contributed by atoms with Crippen LogP contribution in [0, 0.1) is 25.2 Å². The number of hydrogen-bond acceptors (Lipinski definition) is 16. The average Bonchev–Trinajstić information content (AvgIpc) is 3.93. The molecule has 0 aliphatic carbocycles. The monoisotopic (exact) mass is 917 g/mol. The van der Waals surface area contributed by atoms with Crippen LogP contribution in [0.4, 0.5) is 9.59 Å². The highest BCUT2D eigenvalue weighted by atomic mass is 32.2. The van der Waals surface area contributed by atoms with Gasteiger partial charge in [-0.15, -0.1) is 11.8 Å². The quantitative estimate of drug-likeness (QED) is 0.0957. The fourth-order valence-corrected chi connectivity index (χ4v) is 13.3. The molecule has 11 rings (SSSR count). The number of thioether (sulfide) groups is 1. The molecular formula is C48H47N5O12S. The highest BCUT2D eigenvalue weighted by molar-refractivity contribution is 7.99. The molecule has 342 valence electrons. The minimum Gasteiger partial charge on any atom is -0.493 e. The van der Waals surface area contributed by atoms with Gasteiger partial charge in [0.2, 0.25) is 6.79 Å². The van der Waals surface area contributed by atoms with Crippen molar-refractivity contribution in [1.29, 1.82) is 5.26 Å². The molecule has 66 heavy (non-hydrogen) atoms. The molecule has 4 aromatic rings. The first-order chi connectivity index (χ1) is 31.9. The maximum atomic E-state index is 15.5. The van der Waals surface area contributed by atoms with Crippen molar-refractivity contribution in [3.8, 4) is 34.8 Å². The zero-order valence-electron chi connectivity index (χ0n) is 37.0. The standard InChI is InChI=1S/C48H47N5O12S/c1-8-60-46(56)52-15-14-28-27-12-10-11-13-29(27)50-45(28)48(52)21-66-44-36-35(42-41(62-22-63-42)24(4)40(36)64-25(5)54)32(19-59-20-33(48)55)53-31(18-49)30-17-26-16-23(3)39(58-7)43(65-47(57)61-9-2)34(26)37(38(44)53)51(30)6/h8-13,16,30-32,37-38,44,50H,1-2,14-15,17,19-22H2,3-7H3/t30-,31-,32-,37+,38?,44+,48-/m0/s1. The molecule has 2 saturated heterocycles. The van der Waals surface area contributed by atoms with Gasteiger partial charge in [-0.1, -0.05) is 37.4 Å². The van der Waals surface area contributed by atoms with Crippen molar-refractivity contribution in [2.45, 2.75) is 74.6 Å². The number of carbonyl (C=O) groups is 4. The number of fused-ring (bicyclic) bond motifs is 12. The topological polar surface area (TPSA) is 191 Å². The number of para-hydroxylation sites is 1. The van der Waals surface area contributed by atoms with Gasteiger partial charge in [0.1, 0.15) is 18.4 Å². The number of H-pyrrole nitrogens is 1. The maximum Gasteiger partial charge on any atom is 0.518 e. The normalized spacial score (nSPS) is 26.2. The predicted molar refractivity (Wildman–Crippen MR) is 238 cm³/mol. The summed E-state index contributed by atoms with van der Waals surface area (Å²) < 4.78 is 47.9. The fourth-order valence-electron chi connectivity index (χ4n) is 11.5. The van der Waals surface area contributed by atoms with E-state index >= 15 is 4.79 Å². The number of piperazine rings is 1. The third-order valence-electron chi connectivity index (χ3n) is 14.0. The van der Waals surface area contributed by atoms with Crippen LogP contribution in [0.15, 0.2) is 56.0 Å². The minimum atomic E-state index is -1.71. The van der Waals surface area contributed by atoms with Crippen LogP contribution in [0.25, 0.3) is 10.9 Å². The van der Waals surface area contributed by atoms with Gasteiger partial charge < -0.3 is 42.9 Å². The molecule has 1 N–H and O–H groups in total. The molecule has 1 unspecified atom stereocenters. The average molecular weight is 918 g/mol. The lowest BCUT2D eigenvalue weighted by atomic mass is 9.71. The molecular weight excluding hydrogens is 871 g/mol. The summed E-state index contributed by atoms with van der Waals surface area (Å²) in [4.78, 5) is 65.6. The number of esters is 1. The summed E-state index contributed by atoms with van der Waals surface area (Å²) in [5.74, 6) is 0.435. The Labute approximate surface area is 384 Å². The van der Waals surface area contributed by atoms with E-state index in [9.17, 15) is 19.6 Å². The van der Waals surface area contributed by atoms with Crippen LogP contribution in [0.5, 0.6) is 28.7 Å². The smallest absolute Gasteiger partial charge is 0.493 e. The van der Waals surface area contributed by atoms with E-state index < -0.39 is 71.6 Å². The number of ether oxygens (including phenoxy) is 8. The van der Waals surface area contributed by atoms with E-state index in [1.807, 2.05) is 44.3 Å². The third kappa shape index (κ3) is 6.24. The lowest BCUT2D eigenvalue weighted by molar-refractivity contribution is -0.137. The number of amides is 1. The number of carbonyl (C=O) groups excluding carboxylic acids is 4. The molecule has 1 spiro atoms. The zero-order chi connectivity index (χ0) is 46.3. The molecule has 4 bridgehead atoms. The Hall–Kier alpha value is -6.52. The number of Topliss-reactive ketones (excluding diaryl/α,β-unsaturated/α-hetero) is 1. The number of benzene rings is 3. The minimum absolute atomic E-state index is 0.0659. The molecule has 0 saturated carbocycles. The molecule has 1 aromatic heterocycles. The molecule has 3 aromatic carbocycles. The van der Waals surface area contributed by atoms with Gasteiger partial charge in [-0.05, 0) is 56.5 Å². The molecule has 7 aliphatic heterocycles. The second-order valence-electron chi connectivity index (χ2n) is 17.1. The van der Waals surface area contributed by atoms with Crippen LogP contribution in [-0.2, 0) is 42.2 Å². The van der Waals surface area contributed by atoms with Crippen molar-refractivity contribution in [2.75, 3.05) is 46.5 Å². The molecule has 2 fully saturated rings. The number of hydrogen-bond donors (Lipinski definition) is 1. The number of methoxy groups -OCH3 is 1. The molecule has 17 nitrogen and oxygen atoms in total. The van der Waals surface area contributed by atoms with E-state index in [1.165, 1.54) is 30.7 Å². The van der Waals surface area contributed by atoms with Gasteiger partial charge in [0.15, 0.2) is 34.3 Å². The van der Waals surface area contributed by atoms with E-state index in [-0.39, 0.29) is 37.2 Å². The Morgan fingerprint density at radius 1 is 1.03 bits per heavy atom. The first-order valence-electron chi connectivity index (χ1n) is 21.5. The summed E-state index contributed by atoms with van der Waals surface area (Å²) in [5.41, 5.74) is 4.32. The second-order valence-corrected chi connectivity index (χ2v) is 18.3. The predicted octanol–water partition coefficient (Wildman–Crippen LogP) is 6.74. The molecule has 8 heterocycles. The Bertz CT molecular complexity index is 2820. The first-order valence-corrected chi connectivity index (χ1v) is 22.6. The van der Waals surface area contributed by atoms with Crippen LogP contribution in [0.3, 0.4) is 0 Å². The second kappa shape index (κ2) is 16.4. The number of aryl methyl sites for hydroxylation is 1. The Kier molecular flexibility index (Phi) is 10.8. The summed E-state index contributed by atoms with van der Waals surface area (Å²) in [5, 5.41) is 11.6. The number of nitrogens with one attached hydrogen (secondary N) is 1. The van der Waals surface area contributed by atoms with Crippen LogP contribution < -0.4 is 23.7 Å². The van der Waals surface area contributed by atoms with Crippen molar-refractivity contribution in [2.24, 2.45) is 0 Å². The molecule has 18 heteroatoms. The highest BCUT2D eigenvalue weighted by Crippen LogP contribution is 2.65. The van der Waals surface area contributed by atoms with E-state index in [0.717, 1.165) is 34.6 Å². The summed E-state index contributed by atoms with van der Waals surface area (Å²) >= 11 is 1.37. The Morgan fingerprint density at radius 3 is 2.55 bits per heavy atom. The van der Waals surface area contributed by atoms with Gasteiger partial charge in [-0.2, -0.15) is 5.26 Å². The lowest BCUT2D eigenvalue weighted by Gasteiger charge is -2.61. The zero-order valence-corrected chi connectivity index (χ0v) is 37.8. The molecule has 7 aliphatic rings. The summed E-state index contributed by atoms with van der Waals surface area (Å²) in [6.07, 6.45) is 1.03. The SMILES string of the molecule is C=COC(=O)Oc1c(OC)c(C)cc2c1[C@@H]1C3[C@@H]4SC[C@]5(C(=O)COC[C@@H](c6c7c(c(C)c(OC(C)=O)c64)OCO7)N3[C@@H](C#N)[C@H](C2)N1C)c1[nH]c2ccccc2c1CCN5C(=O)OC=C. The van der Waals surface area contributed by atoms with Crippen LogP contribution in [0.1, 0.15) is 68.9 Å². The van der Waals surface area contributed by atoms with E-state index in [4.69, 9.17) is 37.9 Å². The van der Waals surface area contributed by atoms with Crippen molar-refractivity contribution in [3.05, 3.63) is 101 Å². The van der Waals surface area contributed by atoms with Gasteiger partial charge in [0, 0.05) is 64.5 Å². The van der Waals surface area contributed by atoms with Crippen molar-refractivity contribution in [1.82, 2.24) is 19.7 Å². The van der Waals surface area contributed by atoms with Crippen molar-refractivity contribution < 1.29 is 57.1 Å². The largest absolute Gasteiger partial charge is 0.518 e. The fraction of sp³-hybridized carbons (Fsp3) is 0.396. The van der Waals surface area contributed by atoms with Gasteiger partial charge in [-0.25, -0.2) is 9.59 Å². The third-order valence-corrected chi connectivity index (χ3v) is 15.5. The Balaban J connectivity index is 1.28. The number of nitrogens with zero attached hydrogens (tertiary/aromatic N) is 4. The number of nitriles is 1. The number of ketones is 1. The van der Waals surface area contributed by atoms with Crippen LogP contribution in [0.2, 0.25) is 0 Å². The van der Waals surface area contributed by atoms with Gasteiger partial charge in [-0.3, -0.25) is 24.3 Å². The number of likely N-dealkylation sites (N-methyl/N-ethyl adjacent to an activating group) is 1. The molecule has 1 amide bonds. The number of rotatable bonds is 5. The lowest BCUT2D eigenvalue weighted by Crippen LogP contribution is -2.69. The van der Waals surface area contributed by atoms with E-state index in [0.29, 0.717) is 63.6 Å². The maximum absolute atomic E-state index is 15.5. The van der Waals surface area contributed by atoms with Crippen molar-refractivity contribution >= 4 is 46.7 Å². The van der Waals surface area contributed by atoms with Crippen LogP contribution >= 0.6 is 11.8 Å². The van der Waals surface area contributed by atoms with E-state index in [2.05, 4.69) is 34.0 Å². The van der Waals surface area contributed by atoms with E-state index in [1.54, 1.807) is 6.92 Å². The highest BCUT2D eigenvalue weighted by Gasteiger charge is 2.62. The van der Waals surface area contributed by atoms with Crippen molar-refractivity contribution in [3.63, 3.8) is 0 Å². The summed E-state index contributed by atoms with van der Waals surface area (Å²) in [6, 6.07) is 9.01. The first kappa shape index (κ1) is 43.4. The van der Waals surface area contributed by atoms with Gasteiger partial charge in [0.05, 0.1) is 55.3 Å². The summed E-state index contributed by atoms with van der Waals surface area (Å²) in [6.45, 7) is 11.6. The number of aromatic nitrogens is 1. The number of aromatic amines is 1. The van der Waals surface area contributed by atoms with Gasteiger partial charge in [0.25, 0.3) is 0 Å². The van der Waals surface area contributed by atoms with Gasteiger partial charge >= 0.3 is 18.2 Å². The summed E-state index contributed by atoms with van der Waals surface area (Å²) in [7, 11) is 3.43. The molecule has 7 atom stereocenters. The Morgan fingerprint density at radius 2 is 1.80 bits per heavy atom.